The average molecular weight is 581 g/mol. The number of aryl methyl sites for hydroxylation is 3. The van der Waals surface area contributed by atoms with Crippen molar-refractivity contribution in [2.75, 3.05) is 0 Å². The van der Waals surface area contributed by atoms with Gasteiger partial charge < -0.3 is 0 Å². The van der Waals surface area contributed by atoms with Crippen LogP contribution >= 0.6 is 58.5 Å². The van der Waals surface area contributed by atoms with Gasteiger partial charge in [-0.3, -0.25) is 0 Å². The Balaban J connectivity index is 1.45. The molecule has 6 heteroatoms. The highest BCUT2D eigenvalue weighted by Crippen LogP contribution is 2.41. The number of fused-ring (bicyclic) bond motifs is 1. The predicted octanol–water partition coefficient (Wildman–Crippen LogP) is 10.9. The lowest BCUT2D eigenvalue weighted by atomic mass is 10.1. The summed E-state index contributed by atoms with van der Waals surface area (Å²) < 4.78 is 0.216. The Labute approximate surface area is 242 Å². The molecule has 0 unspecified atom stereocenters. The van der Waals surface area contributed by atoms with Crippen molar-refractivity contribution in [3.63, 3.8) is 0 Å². The zero-order chi connectivity index (χ0) is 25.6. The van der Waals surface area contributed by atoms with Gasteiger partial charge in [0, 0.05) is 31.2 Å². The molecule has 0 saturated carbocycles. The second-order valence-electron chi connectivity index (χ2n) is 9.01. The second-order valence-corrected chi connectivity index (χ2v) is 13.9. The summed E-state index contributed by atoms with van der Waals surface area (Å²) in [6.07, 6.45) is 4.44. The number of nitrogens with zero attached hydrogens (tertiary/aromatic N) is 1. The minimum Gasteiger partial charge on any atom is -0.246 e. The molecule has 0 heterocycles. The number of thioether (sulfide) groups is 3. The maximum Gasteiger partial charge on any atom is 0.0806 e. The molecule has 0 spiro atoms. The second kappa shape index (κ2) is 12.8. The summed E-state index contributed by atoms with van der Waals surface area (Å²) in [5, 5.41) is 2.61. The van der Waals surface area contributed by atoms with Gasteiger partial charge in [0.2, 0.25) is 0 Å². The normalized spacial score (nSPS) is 13.2. The lowest BCUT2D eigenvalue weighted by Crippen LogP contribution is -2.05. The Morgan fingerprint density at radius 2 is 1.38 bits per heavy atom. The molecular formula is C31H27Cl2NS3. The molecule has 37 heavy (non-hydrogen) atoms. The smallest absolute Gasteiger partial charge is 0.0806 e. The minimum atomic E-state index is 0.216. The number of rotatable bonds is 8. The van der Waals surface area contributed by atoms with Crippen LogP contribution in [0.25, 0.3) is 0 Å². The van der Waals surface area contributed by atoms with Crippen LogP contribution < -0.4 is 0 Å². The summed E-state index contributed by atoms with van der Waals surface area (Å²) in [5.41, 5.74) is 5.19. The monoisotopic (exact) mass is 579 g/mol. The number of benzene rings is 4. The minimum absolute atomic E-state index is 0.216. The molecule has 1 aliphatic rings. The zero-order valence-corrected chi connectivity index (χ0v) is 24.5. The van der Waals surface area contributed by atoms with Crippen molar-refractivity contribution in [3.05, 3.63) is 118 Å². The van der Waals surface area contributed by atoms with E-state index in [9.17, 15) is 0 Å². The van der Waals surface area contributed by atoms with Gasteiger partial charge in [0.05, 0.1) is 15.3 Å². The van der Waals surface area contributed by atoms with Crippen LogP contribution in [-0.2, 0) is 12.8 Å². The van der Waals surface area contributed by atoms with Crippen LogP contribution in [0.1, 0.15) is 29.5 Å². The van der Waals surface area contributed by atoms with E-state index in [4.69, 9.17) is 28.2 Å². The Morgan fingerprint density at radius 3 is 2.03 bits per heavy atom. The third kappa shape index (κ3) is 7.84. The third-order valence-electron chi connectivity index (χ3n) is 6.06. The molecular weight excluding hydrogens is 553 g/mol. The van der Waals surface area contributed by atoms with E-state index in [2.05, 4.69) is 73.7 Å². The molecule has 0 aliphatic heterocycles. The van der Waals surface area contributed by atoms with E-state index >= 15 is 0 Å². The molecule has 0 saturated heterocycles. The highest BCUT2D eigenvalue weighted by Gasteiger charge is 2.19. The number of hydrogen-bond donors (Lipinski definition) is 0. The van der Waals surface area contributed by atoms with Crippen LogP contribution in [0.15, 0.2) is 111 Å². The molecule has 0 amide bonds. The fourth-order valence-electron chi connectivity index (χ4n) is 4.28. The number of halogens is 2. The molecule has 0 aromatic heterocycles. The van der Waals surface area contributed by atoms with E-state index in [0.29, 0.717) is 0 Å². The highest BCUT2D eigenvalue weighted by molar-refractivity contribution is 8.17. The Kier molecular flexibility index (Phi) is 9.28. The molecule has 188 valence electrons. The van der Waals surface area contributed by atoms with Gasteiger partial charge in [-0.1, -0.05) is 53.2 Å². The summed E-state index contributed by atoms with van der Waals surface area (Å²) in [6.45, 7) is 2.11. The van der Waals surface area contributed by atoms with Crippen LogP contribution in [0.5, 0.6) is 0 Å². The van der Waals surface area contributed by atoms with Crippen LogP contribution in [0.2, 0.25) is 10.0 Å². The van der Waals surface area contributed by atoms with Gasteiger partial charge in [-0.2, -0.15) is 0 Å². The molecule has 4 aromatic carbocycles. The number of aliphatic imine (C=N–C) groups is 1. The van der Waals surface area contributed by atoms with Crippen molar-refractivity contribution in [2.45, 2.75) is 51.9 Å². The van der Waals surface area contributed by atoms with Gasteiger partial charge in [0.1, 0.15) is 0 Å². The van der Waals surface area contributed by atoms with E-state index in [1.807, 2.05) is 47.8 Å². The molecule has 0 bridgehead atoms. The topological polar surface area (TPSA) is 12.4 Å². The maximum atomic E-state index is 6.16. The van der Waals surface area contributed by atoms with Crippen molar-refractivity contribution >= 4 is 69.2 Å². The lowest BCUT2D eigenvalue weighted by molar-refractivity contribution is 0.911. The molecule has 4 aromatic rings. The van der Waals surface area contributed by atoms with Gasteiger partial charge >= 0.3 is 0 Å². The van der Waals surface area contributed by atoms with E-state index in [1.165, 1.54) is 50.6 Å². The molecule has 1 nitrogen and oxygen atoms in total. The van der Waals surface area contributed by atoms with E-state index in [1.54, 1.807) is 11.8 Å². The van der Waals surface area contributed by atoms with Crippen molar-refractivity contribution in [1.29, 1.82) is 0 Å². The molecule has 0 N–H and O–H groups in total. The number of hydrogen-bond acceptors (Lipinski definition) is 4. The molecule has 0 fully saturated rings. The summed E-state index contributed by atoms with van der Waals surface area (Å²) in [5.74, 6) is 0. The van der Waals surface area contributed by atoms with Gasteiger partial charge in [-0.15, -0.1) is 23.5 Å². The molecule has 0 atom stereocenters. The fraction of sp³-hybridized carbons (Fsp3) is 0.194. The standard InChI is InChI=1S/C31H27Cl2NS3/c1-21-4-2-7-26(18-21)34-30(35-29-13-8-22-5-3-6-23(22)19-29)20-31(36-27-14-9-24(32)10-15-27)37-28-16-11-25(33)12-17-28/h2,4,7-19,31H,3,5-6,20H2,1H3. The Hall–Kier alpha value is -1.82. The van der Waals surface area contributed by atoms with Gasteiger partial charge in [0.15, 0.2) is 0 Å². The first kappa shape index (κ1) is 26.8. The highest BCUT2D eigenvalue weighted by atomic mass is 35.5. The van der Waals surface area contributed by atoms with E-state index < -0.39 is 0 Å². The van der Waals surface area contributed by atoms with Crippen molar-refractivity contribution in [1.82, 2.24) is 0 Å². The molecule has 1 aliphatic carbocycles. The Bertz CT molecular complexity index is 1340. The quantitative estimate of drug-likeness (QED) is 0.0890. The predicted molar refractivity (Wildman–Crippen MR) is 166 cm³/mol. The van der Waals surface area contributed by atoms with Gasteiger partial charge in [-0.05, 0) is 116 Å². The maximum absolute atomic E-state index is 6.16. The van der Waals surface area contributed by atoms with E-state index in [0.717, 1.165) is 27.2 Å². The SMILES string of the molecule is Cc1cccc(N=C(CC(Sc2ccc(Cl)cc2)Sc2ccc(Cl)cc2)Sc2ccc3c(c2)CCC3)c1. The van der Waals surface area contributed by atoms with Crippen molar-refractivity contribution in [3.8, 4) is 0 Å². The fourth-order valence-corrected chi connectivity index (χ4v) is 8.29. The van der Waals surface area contributed by atoms with Crippen LogP contribution in [-0.4, -0.2) is 9.63 Å². The summed E-state index contributed by atoms with van der Waals surface area (Å²) in [6, 6.07) is 31.5. The largest absolute Gasteiger partial charge is 0.246 e. The molecule has 0 radical (unpaired) electrons. The third-order valence-corrected chi connectivity index (χ3v) is 10.1. The van der Waals surface area contributed by atoms with Crippen LogP contribution in [0.4, 0.5) is 5.69 Å². The van der Waals surface area contributed by atoms with Crippen LogP contribution in [0.3, 0.4) is 0 Å². The summed E-state index contributed by atoms with van der Waals surface area (Å²) >= 11 is 17.8. The summed E-state index contributed by atoms with van der Waals surface area (Å²) in [4.78, 5) is 8.81. The van der Waals surface area contributed by atoms with E-state index in [-0.39, 0.29) is 4.58 Å². The summed E-state index contributed by atoms with van der Waals surface area (Å²) in [7, 11) is 0. The van der Waals surface area contributed by atoms with Crippen molar-refractivity contribution in [2.24, 2.45) is 4.99 Å². The lowest BCUT2D eigenvalue weighted by Gasteiger charge is -2.18. The van der Waals surface area contributed by atoms with Gasteiger partial charge in [-0.25, -0.2) is 4.99 Å². The average Bonchev–Trinajstić information content (AvgIpc) is 3.35. The first-order chi connectivity index (χ1) is 18.0. The van der Waals surface area contributed by atoms with Crippen molar-refractivity contribution < 1.29 is 0 Å². The van der Waals surface area contributed by atoms with Crippen LogP contribution in [0, 0.1) is 6.92 Å². The first-order valence-corrected chi connectivity index (χ1v) is 15.6. The van der Waals surface area contributed by atoms with Gasteiger partial charge in [0.25, 0.3) is 0 Å². The first-order valence-electron chi connectivity index (χ1n) is 12.3. The zero-order valence-electron chi connectivity index (χ0n) is 20.5. The Morgan fingerprint density at radius 1 is 0.757 bits per heavy atom. The molecule has 5 rings (SSSR count).